The van der Waals surface area contributed by atoms with E-state index in [0.717, 1.165) is 23.9 Å². The van der Waals surface area contributed by atoms with Crippen LogP contribution in [-0.2, 0) is 0 Å². The molecule has 0 aromatic heterocycles. The van der Waals surface area contributed by atoms with Crippen LogP contribution in [0.5, 0.6) is 11.5 Å². The average molecular weight is 266 g/mol. The van der Waals surface area contributed by atoms with Crippen LogP contribution in [0, 0.1) is 5.41 Å². The lowest BCUT2D eigenvalue weighted by atomic mass is 9.76. The van der Waals surface area contributed by atoms with Gasteiger partial charge in [0.1, 0.15) is 0 Å². The molecular weight excluding hydrogens is 244 g/mol. The lowest BCUT2D eigenvalue weighted by molar-refractivity contribution is 0.118. The number of ether oxygens (including phenoxy) is 2. The normalized spacial score (nSPS) is 18.3. The summed E-state index contributed by atoms with van der Waals surface area (Å²) >= 11 is 4.53. The third kappa shape index (κ3) is 3.14. The van der Waals surface area contributed by atoms with Crippen molar-refractivity contribution in [3.8, 4) is 11.5 Å². The van der Waals surface area contributed by atoms with Gasteiger partial charge in [0.05, 0.1) is 13.7 Å². The second-order valence-electron chi connectivity index (χ2n) is 5.16. The fraction of sp³-hybridized carbons (Fsp3) is 0.600. The van der Waals surface area contributed by atoms with Crippen molar-refractivity contribution in [1.29, 1.82) is 0 Å². The van der Waals surface area contributed by atoms with Gasteiger partial charge in [-0.25, -0.2) is 0 Å². The predicted molar refractivity (Wildman–Crippen MR) is 77.9 cm³/mol. The van der Waals surface area contributed by atoms with Crippen molar-refractivity contribution in [3.05, 3.63) is 24.3 Å². The SMILES string of the molecule is COc1ccccc1OCC1(CS)CCCCC1. The fourth-order valence-corrected chi connectivity index (χ4v) is 3.03. The predicted octanol–water partition coefficient (Wildman–Crippen LogP) is 3.95. The van der Waals surface area contributed by atoms with Gasteiger partial charge in [0.15, 0.2) is 11.5 Å². The third-order valence-electron chi connectivity index (χ3n) is 3.85. The molecule has 0 N–H and O–H groups in total. The van der Waals surface area contributed by atoms with Crippen LogP contribution in [0.4, 0.5) is 0 Å². The molecule has 18 heavy (non-hydrogen) atoms. The molecule has 1 aliphatic rings. The maximum atomic E-state index is 5.99. The van der Waals surface area contributed by atoms with E-state index in [0.29, 0.717) is 0 Å². The first-order valence-electron chi connectivity index (χ1n) is 6.66. The second kappa shape index (κ2) is 6.37. The summed E-state index contributed by atoms with van der Waals surface area (Å²) < 4.78 is 11.3. The Labute approximate surface area is 115 Å². The molecule has 1 aromatic carbocycles. The van der Waals surface area contributed by atoms with Gasteiger partial charge in [0.25, 0.3) is 0 Å². The quantitative estimate of drug-likeness (QED) is 0.813. The molecule has 2 rings (SSSR count). The van der Waals surface area contributed by atoms with E-state index in [2.05, 4.69) is 12.6 Å². The molecular formula is C15H22O2S. The number of thiol groups is 1. The van der Waals surface area contributed by atoms with Gasteiger partial charge in [0, 0.05) is 5.41 Å². The molecule has 0 saturated heterocycles. The molecule has 0 bridgehead atoms. The summed E-state index contributed by atoms with van der Waals surface area (Å²) in [6.45, 7) is 0.747. The van der Waals surface area contributed by atoms with Gasteiger partial charge in [-0.1, -0.05) is 31.4 Å². The largest absolute Gasteiger partial charge is 0.493 e. The standard InChI is InChI=1S/C15H22O2S/c1-16-13-7-3-4-8-14(13)17-11-15(12-18)9-5-2-6-10-15/h3-4,7-8,18H,2,5-6,9-12H2,1H3. The Kier molecular flexibility index (Phi) is 4.81. The van der Waals surface area contributed by atoms with Crippen molar-refractivity contribution in [2.45, 2.75) is 32.1 Å². The molecule has 0 aliphatic heterocycles. The number of methoxy groups -OCH3 is 1. The molecule has 0 radical (unpaired) electrons. The zero-order valence-electron chi connectivity index (χ0n) is 11.0. The highest BCUT2D eigenvalue weighted by Crippen LogP contribution is 2.38. The van der Waals surface area contributed by atoms with Crippen LogP contribution in [0.2, 0.25) is 0 Å². The van der Waals surface area contributed by atoms with Gasteiger partial charge >= 0.3 is 0 Å². The molecule has 0 amide bonds. The fourth-order valence-electron chi connectivity index (χ4n) is 2.62. The molecule has 1 saturated carbocycles. The van der Waals surface area contributed by atoms with Crippen molar-refractivity contribution in [1.82, 2.24) is 0 Å². The molecule has 0 unspecified atom stereocenters. The monoisotopic (exact) mass is 266 g/mol. The summed E-state index contributed by atoms with van der Waals surface area (Å²) in [6.07, 6.45) is 6.41. The number of hydrogen-bond acceptors (Lipinski definition) is 3. The smallest absolute Gasteiger partial charge is 0.161 e. The maximum absolute atomic E-state index is 5.99. The molecule has 1 aromatic rings. The van der Waals surface area contributed by atoms with E-state index >= 15 is 0 Å². The Balaban J connectivity index is 2.01. The first kappa shape index (κ1) is 13.6. The Bertz CT molecular complexity index is 373. The summed E-state index contributed by atoms with van der Waals surface area (Å²) in [5, 5.41) is 0. The van der Waals surface area contributed by atoms with Gasteiger partial charge in [-0.2, -0.15) is 12.6 Å². The highest BCUT2D eigenvalue weighted by atomic mass is 32.1. The lowest BCUT2D eigenvalue weighted by Gasteiger charge is -2.35. The maximum Gasteiger partial charge on any atom is 0.161 e. The summed E-state index contributed by atoms with van der Waals surface area (Å²) in [4.78, 5) is 0. The van der Waals surface area contributed by atoms with Crippen molar-refractivity contribution in [2.75, 3.05) is 19.5 Å². The second-order valence-corrected chi connectivity index (χ2v) is 5.47. The van der Waals surface area contributed by atoms with Crippen molar-refractivity contribution >= 4 is 12.6 Å². The lowest BCUT2D eigenvalue weighted by Crippen LogP contribution is -2.33. The number of benzene rings is 1. The Morgan fingerprint density at radius 2 is 1.78 bits per heavy atom. The van der Waals surface area contributed by atoms with Gasteiger partial charge in [-0.3, -0.25) is 0 Å². The first-order valence-corrected chi connectivity index (χ1v) is 7.30. The summed E-state index contributed by atoms with van der Waals surface area (Å²) in [6, 6.07) is 7.84. The topological polar surface area (TPSA) is 18.5 Å². The van der Waals surface area contributed by atoms with E-state index < -0.39 is 0 Å². The van der Waals surface area contributed by atoms with Gasteiger partial charge in [-0.05, 0) is 30.7 Å². The van der Waals surface area contributed by atoms with E-state index in [-0.39, 0.29) is 5.41 Å². The van der Waals surface area contributed by atoms with Crippen molar-refractivity contribution < 1.29 is 9.47 Å². The molecule has 1 aliphatic carbocycles. The molecule has 2 nitrogen and oxygen atoms in total. The minimum atomic E-state index is 0.252. The molecule has 1 fully saturated rings. The summed E-state index contributed by atoms with van der Waals surface area (Å²) in [5.74, 6) is 2.55. The molecule has 0 heterocycles. The van der Waals surface area contributed by atoms with Crippen LogP contribution < -0.4 is 9.47 Å². The van der Waals surface area contributed by atoms with Gasteiger partial charge in [-0.15, -0.1) is 0 Å². The van der Waals surface area contributed by atoms with E-state index in [1.54, 1.807) is 7.11 Å². The van der Waals surface area contributed by atoms with Gasteiger partial charge < -0.3 is 9.47 Å². The third-order valence-corrected chi connectivity index (χ3v) is 4.52. The van der Waals surface area contributed by atoms with E-state index in [1.165, 1.54) is 32.1 Å². The van der Waals surface area contributed by atoms with Crippen LogP contribution in [0.3, 0.4) is 0 Å². The van der Waals surface area contributed by atoms with E-state index in [1.807, 2.05) is 24.3 Å². The number of para-hydroxylation sites is 2. The van der Waals surface area contributed by atoms with Crippen LogP contribution >= 0.6 is 12.6 Å². The molecule has 0 atom stereocenters. The number of rotatable bonds is 5. The zero-order chi connectivity index (χ0) is 12.8. The van der Waals surface area contributed by atoms with E-state index in [9.17, 15) is 0 Å². The van der Waals surface area contributed by atoms with Crippen molar-refractivity contribution in [3.63, 3.8) is 0 Å². The van der Waals surface area contributed by atoms with Crippen LogP contribution in [-0.4, -0.2) is 19.5 Å². The zero-order valence-corrected chi connectivity index (χ0v) is 11.9. The highest BCUT2D eigenvalue weighted by Gasteiger charge is 2.31. The Morgan fingerprint density at radius 1 is 1.11 bits per heavy atom. The summed E-state index contributed by atoms with van der Waals surface area (Å²) in [7, 11) is 1.68. The van der Waals surface area contributed by atoms with Crippen molar-refractivity contribution in [2.24, 2.45) is 5.41 Å². The number of hydrogen-bond donors (Lipinski definition) is 1. The first-order chi connectivity index (χ1) is 8.79. The van der Waals surface area contributed by atoms with Crippen LogP contribution in [0.25, 0.3) is 0 Å². The minimum absolute atomic E-state index is 0.252. The highest BCUT2D eigenvalue weighted by molar-refractivity contribution is 7.80. The molecule has 0 spiro atoms. The Morgan fingerprint density at radius 3 is 2.39 bits per heavy atom. The van der Waals surface area contributed by atoms with E-state index in [4.69, 9.17) is 9.47 Å². The summed E-state index contributed by atoms with van der Waals surface area (Å²) in [5.41, 5.74) is 0.252. The average Bonchev–Trinajstić information content (AvgIpc) is 2.46. The Hall–Kier alpha value is -0.830. The van der Waals surface area contributed by atoms with Crippen LogP contribution in [0.1, 0.15) is 32.1 Å². The molecule has 100 valence electrons. The van der Waals surface area contributed by atoms with Gasteiger partial charge in [0.2, 0.25) is 0 Å². The molecule has 3 heteroatoms. The minimum Gasteiger partial charge on any atom is -0.493 e. The van der Waals surface area contributed by atoms with Crippen LogP contribution in [0.15, 0.2) is 24.3 Å².